The normalized spacial score (nSPS) is 10.3. The van der Waals surface area contributed by atoms with Crippen LogP contribution in [0.25, 0.3) is 0 Å². The van der Waals surface area contributed by atoms with Crippen molar-refractivity contribution in [3.8, 4) is 0 Å². The highest BCUT2D eigenvalue weighted by molar-refractivity contribution is 5.69. The van der Waals surface area contributed by atoms with Gasteiger partial charge in [-0.1, -0.05) is 0 Å². The predicted molar refractivity (Wildman–Crippen MR) is 66.0 cm³/mol. The summed E-state index contributed by atoms with van der Waals surface area (Å²) in [5.74, 6) is 1.81. The molecule has 0 bridgehead atoms. The maximum absolute atomic E-state index is 5.71. The zero-order valence-corrected chi connectivity index (χ0v) is 9.16. The van der Waals surface area contributed by atoms with Crippen LogP contribution in [0, 0.1) is 6.92 Å². The minimum Gasteiger partial charge on any atom is -0.465 e. The molecular weight excluding hydrogens is 202 g/mol. The lowest BCUT2D eigenvalue weighted by Crippen LogP contribution is -2.00. The molecule has 84 valence electrons. The molecule has 4 nitrogen and oxygen atoms in total. The van der Waals surface area contributed by atoms with Gasteiger partial charge in [0.1, 0.15) is 11.5 Å². The number of hydrogen-bond acceptors (Lipinski definition) is 4. The molecule has 0 aliphatic rings. The fourth-order valence-electron chi connectivity index (χ4n) is 1.45. The molecule has 0 atom stereocenters. The minimum absolute atomic E-state index is 0.584. The lowest BCUT2D eigenvalue weighted by Gasteiger charge is -2.06. The van der Waals surface area contributed by atoms with E-state index < -0.39 is 0 Å². The second-order valence-corrected chi connectivity index (χ2v) is 3.71. The first kappa shape index (κ1) is 10.4. The van der Waals surface area contributed by atoms with Crippen molar-refractivity contribution in [1.29, 1.82) is 0 Å². The molecule has 0 aliphatic heterocycles. The van der Waals surface area contributed by atoms with Crippen molar-refractivity contribution in [1.82, 2.24) is 0 Å². The van der Waals surface area contributed by atoms with Crippen LogP contribution in [0.3, 0.4) is 0 Å². The predicted octanol–water partition coefficient (Wildman–Crippen LogP) is 2.36. The number of benzene rings is 1. The summed E-state index contributed by atoms with van der Waals surface area (Å²) in [6.45, 7) is 2.56. The van der Waals surface area contributed by atoms with Crippen LogP contribution in [0.4, 0.5) is 17.1 Å². The van der Waals surface area contributed by atoms with E-state index in [0.717, 1.165) is 17.2 Å². The fraction of sp³-hybridized carbons (Fsp3) is 0.167. The van der Waals surface area contributed by atoms with Crippen LogP contribution in [0.5, 0.6) is 0 Å². The largest absolute Gasteiger partial charge is 0.465 e. The molecule has 0 aliphatic carbocycles. The maximum atomic E-state index is 5.71. The van der Waals surface area contributed by atoms with Gasteiger partial charge in [-0.15, -0.1) is 0 Å². The number of furan rings is 1. The monoisotopic (exact) mass is 217 g/mol. The first-order valence-electron chi connectivity index (χ1n) is 5.09. The second kappa shape index (κ2) is 4.18. The molecule has 0 amide bonds. The Morgan fingerprint density at radius 1 is 1.12 bits per heavy atom. The maximum Gasteiger partial charge on any atom is 0.123 e. The minimum atomic E-state index is 0.584. The van der Waals surface area contributed by atoms with Crippen LogP contribution in [-0.2, 0) is 6.54 Å². The number of nitrogens with two attached hydrogens (primary N) is 2. The number of hydrogen-bond donors (Lipinski definition) is 3. The van der Waals surface area contributed by atoms with E-state index in [-0.39, 0.29) is 0 Å². The van der Waals surface area contributed by atoms with Gasteiger partial charge in [-0.3, -0.25) is 0 Å². The van der Waals surface area contributed by atoms with Crippen molar-refractivity contribution < 1.29 is 4.42 Å². The van der Waals surface area contributed by atoms with Crippen molar-refractivity contribution in [2.45, 2.75) is 13.5 Å². The summed E-state index contributed by atoms with van der Waals surface area (Å²) in [7, 11) is 0. The van der Waals surface area contributed by atoms with Gasteiger partial charge in [0.15, 0.2) is 0 Å². The second-order valence-electron chi connectivity index (χ2n) is 3.71. The van der Waals surface area contributed by atoms with Crippen LogP contribution >= 0.6 is 0 Å². The molecular formula is C12H15N3O. The third kappa shape index (κ3) is 2.28. The molecule has 2 rings (SSSR count). The van der Waals surface area contributed by atoms with E-state index in [1.807, 2.05) is 31.2 Å². The van der Waals surface area contributed by atoms with Crippen LogP contribution in [0.1, 0.15) is 11.5 Å². The standard InChI is InChI=1S/C12H15N3O/c1-8-2-4-10(16-8)7-15-9-3-5-11(13)12(14)6-9/h2-6,15H,7,13-14H2,1H3. The highest BCUT2D eigenvalue weighted by Gasteiger charge is 2.00. The molecule has 1 heterocycles. The Balaban J connectivity index is 2.02. The van der Waals surface area contributed by atoms with Gasteiger partial charge >= 0.3 is 0 Å². The van der Waals surface area contributed by atoms with E-state index in [1.165, 1.54) is 0 Å². The topological polar surface area (TPSA) is 77.2 Å². The lowest BCUT2D eigenvalue weighted by molar-refractivity contribution is 0.490. The molecule has 0 radical (unpaired) electrons. The van der Waals surface area contributed by atoms with Gasteiger partial charge in [0, 0.05) is 5.69 Å². The van der Waals surface area contributed by atoms with Crippen molar-refractivity contribution >= 4 is 17.1 Å². The number of aryl methyl sites for hydroxylation is 1. The molecule has 1 aromatic carbocycles. The summed E-state index contributed by atoms with van der Waals surface area (Å²) in [5.41, 5.74) is 13.4. The van der Waals surface area contributed by atoms with Crippen LogP contribution < -0.4 is 16.8 Å². The zero-order chi connectivity index (χ0) is 11.5. The van der Waals surface area contributed by atoms with Gasteiger partial charge in [0.2, 0.25) is 0 Å². The van der Waals surface area contributed by atoms with E-state index in [9.17, 15) is 0 Å². The molecule has 16 heavy (non-hydrogen) atoms. The molecule has 1 aromatic heterocycles. The summed E-state index contributed by atoms with van der Waals surface area (Å²) in [6, 6.07) is 9.37. The molecule has 0 unspecified atom stereocenters. The average Bonchev–Trinajstić information content (AvgIpc) is 2.66. The molecule has 0 spiro atoms. The molecule has 2 aromatic rings. The smallest absolute Gasteiger partial charge is 0.123 e. The highest BCUT2D eigenvalue weighted by Crippen LogP contribution is 2.20. The van der Waals surface area contributed by atoms with E-state index >= 15 is 0 Å². The Hall–Kier alpha value is -2.10. The fourth-order valence-corrected chi connectivity index (χ4v) is 1.45. The quantitative estimate of drug-likeness (QED) is 0.690. The molecule has 0 saturated carbocycles. The van der Waals surface area contributed by atoms with Crippen molar-refractivity contribution in [3.63, 3.8) is 0 Å². The average molecular weight is 217 g/mol. The summed E-state index contributed by atoms with van der Waals surface area (Å²) in [4.78, 5) is 0. The summed E-state index contributed by atoms with van der Waals surface area (Å²) < 4.78 is 5.44. The van der Waals surface area contributed by atoms with Crippen LogP contribution in [0.15, 0.2) is 34.7 Å². The molecule has 0 saturated heterocycles. The summed E-state index contributed by atoms with van der Waals surface area (Å²) in [5, 5.41) is 3.21. The molecule has 5 N–H and O–H groups in total. The van der Waals surface area contributed by atoms with Gasteiger partial charge in [-0.25, -0.2) is 0 Å². The number of rotatable bonds is 3. The first-order valence-corrected chi connectivity index (χ1v) is 5.09. The number of anilines is 3. The lowest BCUT2D eigenvalue weighted by atomic mass is 10.2. The Bertz CT molecular complexity index is 491. The van der Waals surface area contributed by atoms with Crippen molar-refractivity contribution in [2.75, 3.05) is 16.8 Å². The Morgan fingerprint density at radius 3 is 2.56 bits per heavy atom. The Morgan fingerprint density at radius 2 is 1.94 bits per heavy atom. The molecule has 0 fully saturated rings. The van der Waals surface area contributed by atoms with E-state index in [4.69, 9.17) is 15.9 Å². The summed E-state index contributed by atoms with van der Waals surface area (Å²) in [6.07, 6.45) is 0. The molecule has 4 heteroatoms. The van der Waals surface area contributed by atoms with Crippen LogP contribution in [-0.4, -0.2) is 0 Å². The van der Waals surface area contributed by atoms with Gasteiger partial charge in [0.25, 0.3) is 0 Å². The van der Waals surface area contributed by atoms with Crippen molar-refractivity contribution in [2.24, 2.45) is 0 Å². The first-order chi connectivity index (χ1) is 7.65. The number of nitrogen functional groups attached to an aromatic ring is 2. The van der Waals surface area contributed by atoms with Gasteiger partial charge in [-0.05, 0) is 37.3 Å². The zero-order valence-electron chi connectivity index (χ0n) is 9.16. The van der Waals surface area contributed by atoms with Gasteiger partial charge in [-0.2, -0.15) is 0 Å². The SMILES string of the molecule is Cc1ccc(CNc2ccc(N)c(N)c2)o1. The van der Waals surface area contributed by atoms with Gasteiger partial charge in [0.05, 0.1) is 17.9 Å². The third-order valence-electron chi connectivity index (χ3n) is 2.35. The Labute approximate surface area is 94.2 Å². The Kier molecular flexibility index (Phi) is 2.72. The van der Waals surface area contributed by atoms with Crippen molar-refractivity contribution in [3.05, 3.63) is 41.9 Å². The van der Waals surface area contributed by atoms with E-state index in [2.05, 4.69) is 5.32 Å². The van der Waals surface area contributed by atoms with E-state index in [0.29, 0.717) is 17.9 Å². The summed E-state index contributed by atoms with van der Waals surface area (Å²) >= 11 is 0. The van der Waals surface area contributed by atoms with Crippen LogP contribution in [0.2, 0.25) is 0 Å². The third-order valence-corrected chi connectivity index (χ3v) is 2.35. The van der Waals surface area contributed by atoms with E-state index in [1.54, 1.807) is 6.07 Å². The highest BCUT2D eigenvalue weighted by atomic mass is 16.3. The number of nitrogens with one attached hydrogen (secondary N) is 1. The van der Waals surface area contributed by atoms with Gasteiger partial charge < -0.3 is 21.2 Å².